The van der Waals surface area contributed by atoms with Crippen molar-refractivity contribution >= 4 is 6.09 Å². The van der Waals surface area contributed by atoms with Crippen molar-refractivity contribution in [2.75, 3.05) is 13.2 Å². The minimum atomic E-state index is -0.482. The first-order chi connectivity index (χ1) is 8.40. The van der Waals surface area contributed by atoms with Gasteiger partial charge in [-0.05, 0) is 46.5 Å². The highest BCUT2D eigenvalue weighted by Crippen LogP contribution is 2.17. The van der Waals surface area contributed by atoms with E-state index in [4.69, 9.17) is 15.2 Å². The Kier molecular flexibility index (Phi) is 5.88. The maximum atomic E-state index is 11.6. The molecule has 0 bridgehead atoms. The maximum absolute atomic E-state index is 11.6. The summed E-state index contributed by atoms with van der Waals surface area (Å²) < 4.78 is 10.9. The van der Waals surface area contributed by atoms with Crippen LogP contribution in [0.5, 0.6) is 0 Å². The first-order valence-electron chi connectivity index (χ1n) is 6.72. The van der Waals surface area contributed by atoms with Crippen LogP contribution >= 0.6 is 0 Å². The second kappa shape index (κ2) is 6.95. The van der Waals surface area contributed by atoms with Gasteiger partial charge in [-0.15, -0.1) is 0 Å². The number of hydrogen-bond acceptors (Lipinski definition) is 4. The molecule has 1 heterocycles. The Labute approximate surface area is 109 Å². The number of rotatable bonds is 4. The van der Waals surface area contributed by atoms with E-state index in [2.05, 4.69) is 5.32 Å². The predicted octanol–water partition coefficient (Wildman–Crippen LogP) is 1.80. The number of nitrogens with two attached hydrogens (primary N) is 1. The number of ether oxygens (including phenoxy) is 2. The number of carbonyl (C=O) groups is 1. The second-order valence-electron chi connectivity index (χ2n) is 5.80. The van der Waals surface area contributed by atoms with Crippen molar-refractivity contribution < 1.29 is 14.3 Å². The number of carbonyl (C=O) groups excluding carboxylic acids is 1. The van der Waals surface area contributed by atoms with Crippen molar-refractivity contribution in [1.29, 1.82) is 0 Å². The molecule has 1 aliphatic heterocycles. The summed E-state index contributed by atoms with van der Waals surface area (Å²) in [6, 6.07) is -0.0806. The molecule has 0 spiro atoms. The minimum Gasteiger partial charge on any atom is -0.444 e. The van der Waals surface area contributed by atoms with E-state index in [0.29, 0.717) is 6.54 Å². The van der Waals surface area contributed by atoms with E-state index >= 15 is 0 Å². The van der Waals surface area contributed by atoms with Gasteiger partial charge in [0.05, 0.1) is 6.10 Å². The minimum absolute atomic E-state index is 0.0806. The highest BCUT2D eigenvalue weighted by atomic mass is 16.6. The van der Waals surface area contributed by atoms with Crippen molar-refractivity contribution in [3.63, 3.8) is 0 Å². The van der Waals surface area contributed by atoms with Gasteiger partial charge in [0.2, 0.25) is 0 Å². The third-order valence-corrected chi connectivity index (χ3v) is 2.83. The van der Waals surface area contributed by atoms with Crippen molar-refractivity contribution in [1.82, 2.24) is 5.32 Å². The van der Waals surface area contributed by atoms with Crippen LogP contribution in [-0.2, 0) is 9.47 Å². The topological polar surface area (TPSA) is 73.6 Å². The Morgan fingerprint density at radius 1 is 1.50 bits per heavy atom. The SMILES string of the molecule is CC(C)(C)OC(=O)NC(CN)CC1CCCCO1. The van der Waals surface area contributed by atoms with Crippen molar-refractivity contribution in [2.45, 2.75) is 64.2 Å². The third kappa shape index (κ3) is 6.21. The lowest BCUT2D eigenvalue weighted by Gasteiger charge is -2.28. The van der Waals surface area contributed by atoms with Gasteiger partial charge >= 0.3 is 6.09 Å². The molecule has 5 nitrogen and oxygen atoms in total. The molecule has 3 N–H and O–H groups in total. The van der Waals surface area contributed by atoms with Gasteiger partial charge in [0.25, 0.3) is 0 Å². The molecule has 0 aliphatic carbocycles. The van der Waals surface area contributed by atoms with Crippen molar-refractivity contribution in [2.24, 2.45) is 5.73 Å². The van der Waals surface area contributed by atoms with Crippen molar-refractivity contribution in [3.8, 4) is 0 Å². The Balaban J connectivity index is 2.34. The molecule has 1 fully saturated rings. The smallest absolute Gasteiger partial charge is 0.407 e. The van der Waals surface area contributed by atoms with Crippen LogP contribution in [0.25, 0.3) is 0 Å². The first kappa shape index (κ1) is 15.2. The van der Waals surface area contributed by atoms with E-state index in [9.17, 15) is 4.79 Å². The van der Waals surface area contributed by atoms with E-state index in [0.717, 1.165) is 25.9 Å². The molecule has 0 radical (unpaired) electrons. The number of hydrogen-bond donors (Lipinski definition) is 2. The fraction of sp³-hybridized carbons (Fsp3) is 0.923. The van der Waals surface area contributed by atoms with E-state index in [-0.39, 0.29) is 12.1 Å². The highest BCUT2D eigenvalue weighted by molar-refractivity contribution is 5.68. The molecule has 1 saturated heterocycles. The third-order valence-electron chi connectivity index (χ3n) is 2.83. The molecular weight excluding hydrogens is 232 g/mol. The second-order valence-corrected chi connectivity index (χ2v) is 5.80. The standard InChI is InChI=1S/C13H26N2O3/c1-13(2,3)18-12(16)15-10(9-14)8-11-6-4-5-7-17-11/h10-11H,4-9,14H2,1-3H3,(H,15,16). The van der Waals surface area contributed by atoms with Crippen LogP contribution < -0.4 is 11.1 Å². The molecule has 1 aliphatic rings. The lowest BCUT2D eigenvalue weighted by atomic mass is 10.0. The normalized spacial score (nSPS) is 22.3. The lowest BCUT2D eigenvalue weighted by molar-refractivity contribution is 0.00388. The molecule has 5 heteroatoms. The average molecular weight is 258 g/mol. The summed E-state index contributed by atoms with van der Waals surface area (Å²) in [6.07, 6.45) is 3.93. The van der Waals surface area contributed by atoms with Gasteiger partial charge in [-0.3, -0.25) is 0 Å². The molecule has 0 aromatic rings. The van der Waals surface area contributed by atoms with Crippen LogP contribution in [0.3, 0.4) is 0 Å². The monoisotopic (exact) mass is 258 g/mol. The van der Waals surface area contributed by atoms with Gasteiger partial charge in [-0.2, -0.15) is 0 Å². The molecule has 106 valence electrons. The molecule has 1 amide bonds. The zero-order chi connectivity index (χ0) is 13.6. The summed E-state index contributed by atoms with van der Waals surface area (Å²) in [6.45, 7) is 6.74. The predicted molar refractivity (Wildman–Crippen MR) is 70.4 cm³/mol. The summed E-state index contributed by atoms with van der Waals surface area (Å²) in [5, 5.41) is 2.80. The quantitative estimate of drug-likeness (QED) is 0.806. The van der Waals surface area contributed by atoms with Gasteiger partial charge in [0, 0.05) is 19.2 Å². The van der Waals surface area contributed by atoms with Gasteiger partial charge in [-0.25, -0.2) is 4.79 Å². The van der Waals surface area contributed by atoms with Crippen LogP contribution in [-0.4, -0.2) is 37.0 Å². The van der Waals surface area contributed by atoms with Gasteiger partial charge < -0.3 is 20.5 Å². The van der Waals surface area contributed by atoms with Crippen molar-refractivity contribution in [3.05, 3.63) is 0 Å². The Morgan fingerprint density at radius 2 is 2.22 bits per heavy atom. The summed E-state index contributed by atoms with van der Waals surface area (Å²) in [7, 11) is 0. The molecule has 1 rings (SSSR count). The molecule has 0 saturated carbocycles. The van der Waals surface area contributed by atoms with Crippen LogP contribution in [0.2, 0.25) is 0 Å². The van der Waals surface area contributed by atoms with E-state index in [1.807, 2.05) is 20.8 Å². The van der Waals surface area contributed by atoms with E-state index < -0.39 is 11.7 Å². The zero-order valence-corrected chi connectivity index (χ0v) is 11.7. The summed E-state index contributed by atoms with van der Waals surface area (Å²) >= 11 is 0. The van der Waals surface area contributed by atoms with E-state index in [1.165, 1.54) is 6.42 Å². The van der Waals surface area contributed by atoms with Crippen LogP contribution in [0.4, 0.5) is 4.79 Å². The number of alkyl carbamates (subject to hydrolysis) is 1. The average Bonchev–Trinajstić information content (AvgIpc) is 2.27. The molecule has 18 heavy (non-hydrogen) atoms. The summed E-state index contributed by atoms with van der Waals surface area (Å²) in [5.74, 6) is 0. The zero-order valence-electron chi connectivity index (χ0n) is 11.7. The summed E-state index contributed by atoms with van der Waals surface area (Å²) in [4.78, 5) is 11.6. The first-order valence-corrected chi connectivity index (χ1v) is 6.72. The Hall–Kier alpha value is -0.810. The molecule has 2 unspecified atom stereocenters. The van der Waals surface area contributed by atoms with E-state index in [1.54, 1.807) is 0 Å². The Morgan fingerprint density at radius 3 is 2.72 bits per heavy atom. The summed E-state index contributed by atoms with van der Waals surface area (Å²) in [5.41, 5.74) is 5.19. The van der Waals surface area contributed by atoms with Gasteiger partial charge in [0.1, 0.15) is 5.60 Å². The fourth-order valence-electron chi connectivity index (χ4n) is 2.00. The number of nitrogens with one attached hydrogen (secondary N) is 1. The van der Waals surface area contributed by atoms with Crippen LogP contribution in [0.15, 0.2) is 0 Å². The van der Waals surface area contributed by atoms with Gasteiger partial charge in [0.15, 0.2) is 0 Å². The molecule has 0 aromatic heterocycles. The largest absolute Gasteiger partial charge is 0.444 e. The number of amides is 1. The maximum Gasteiger partial charge on any atom is 0.407 e. The lowest BCUT2D eigenvalue weighted by Crippen LogP contribution is -2.45. The fourth-order valence-corrected chi connectivity index (χ4v) is 2.00. The molecule has 0 aromatic carbocycles. The Bertz CT molecular complexity index is 257. The molecular formula is C13H26N2O3. The van der Waals surface area contributed by atoms with Crippen LogP contribution in [0, 0.1) is 0 Å². The van der Waals surface area contributed by atoms with Crippen LogP contribution in [0.1, 0.15) is 46.5 Å². The van der Waals surface area contributed by atoms with Gasteiger partial charge in [-0.1, -0.05) is 0 Å². The molecule has 2 atom stereocenters. The highest BCUT2D eigenvalue weighted by Gasteiger charge is 2.22.